The molecule has 0 unspecified atom stereocenters. The first-order valence-electron chi connectivity index (χ1n) is 8.49. The molecule has 0 bridgehead atoms. The summed E-state index contributed by atoms with van der Waals surface area (Å²) < 4.78 is 18.1. The van der Waals surface area contributed by atoms with Gasteiger partial charge in [0.1, 0.15) is 0 Å². The maximum atomic E-state index is 6.34. The van der Waals surface area contributed by atoms with Crippen LogP contribution in [0.5, 0.6) is 0 Å². The zero-order valence-corrected chi connectivity index (χ0v) is 14.3. The van der Waals surface area contributed by atoms with Crippen LogP contribution in [-0.4, -0.2) is 31.4 Å². The van der Waals surface area contributed by atoms with Crippen molar-refractivity contribution in [1.82, 2.24) is 4.98 Å². The predicted molar refractivity (Wildman–Crippen MR) is 98.4 cm³/mol. The Morgan fingerprint density at radius 3 is 2.72 bits per heavy atom. The first kappa shape index (κ1) is 16.3. The summed E-state index contributed by atoms with van der Waals surface area (Å²) in [6.07, 6.45) is 9.54. The molecule has 3 atom stereocenters. The van der Waals surface area contributed by atoms with Crippen LogP contribution in [0.25, 0.3) is 5.57 Å². The number of allylic oxidation sites excluding steroid dienone is 2. The van der Waals surface area contributed by atoms with Crippen molar-refractivity contribution in [2.24, 2.45) is 0 Å². The molecule has 1 aliphatic heterocycles. The van der Waals surface area contributed by atoms with Gasteiger partial charge in [0.15, 0.2) is 0 Å². The highest BCUT2D eigenvalue weighted by molar-refractivity contribution is 6.62. The Morgan fingerprint density at radius 1 is 1.12 bits per heavy atom. The Hall–Kier alpha value is -2.21. The van der Waals surface area contributed by atoms with Gasteiger partial charge in [-0.25, -0.2) is 0 Å². The number of methoxy groups -OCH3 is 1. The van der Waals surface area contributed by atoms with Crippen molar-refractivity contribution in [2.75, 3.05) is 7.11 Å². The van der Waals surface area contributed by atoms with Crippen molar-refractivity contribution in [3.8, 4) is 0 Å². The van der Waals surface area contributed by atoms with E-state index in [9.17, 15) is 0 Å². The van der Waals surface area contributed by atoms with Crippen LogP contribution in [0.4, 0.5) is 0 Å². The van der Waals surface area contributed by atoms with E-state index in [0.29, 0.717) is 0 Å². The summed E-state index contributed by atoms with van der Waals surface area (Å²) in [5.74, 6) is 0. The van der Waals surface area contributed by atoms with Crippen LogP contribution in [0.15, 0.2) is 67.0 Å². The molecule has 1 fully saturated rings. The van der Waals surface area contributed by atoms with E-state index in [0.717, 1.165) is 22.2 Å². The molecule has 4 nitrogen and oxygen atoms in total. The van der Waals surface area contributed by atoms with Gasteiger partial charge in [-0.05, 0) is 41.2 Å². The number of hydrogen-bond acceptors (Lipinski definition) is 4. The number of hydrogen-bond donors (Lipinski definition) is 0. The van der Waals surface area contributed by atoms with Gasteiger partial charge >= 0.3 is 7.12 Å². The molecular formula is C20H20BNO3. The van der Waals surface area contributed by atoms with Crippen molar-refractivity contribution in [1.29, 1.82) is 0 Å². The van der Waals surface area contributed by atoms with Crippen LogP contribution in [-0.2, 0) is 14.0 Å². The molecule has 1 aromatic carbocycles. The molecule has 25 heavy (non-hydrogen) atoms. The summed E-state index contributed by atoms with van der Waals surface area (Å²) >= 11 is 0. The van der Waals surface area contributed by atoms with Gasteiger partial charge in [0.25, 0.3) is 0 Å². The molecule has 4 rings (SSSR count). The highest BCUT2D eigenvalue weighted by atomic mass is 16.7. The molecule has 0 amide bonds. The van der Waals surface area contributed by atoms with Crippen LogP contribution >= 0.6 is 0 Å². The fourth-order valence-corrected chi connectivity index (χ4v) is 3.39. The summed E-state index contributed by atoms with van der Waals surface area (Å²) in [5.41, 5.74) is 4.34. The maximum Gasteiger partial charge on any atom is 0.495 e. The summed E-state index contributed by atoms with van der Waals surface area (Å²) in [6, 6.07) is 12.1. The molecule has 126 valence electrons. The fraction of sp³-hybridized carbons (Fsp3) is 0.250. The number of pyridine rings is 1. The van der Waals surface area contributed by atoms with E-state index < -0.39 is 7.12 Å². The zero-order valence-electron chi connectivity index (χ0n) is 14.3. The average Bonchev–Trinajstić information content (AvgIpc) is 3.12. The van der Waals surface area contributed by atoms with Crippen LogP contribution in [0.3, 0.4) is 0 Å². The molecule has 0 saturated carbocycles. The SMILES string of the molecule is CO[C@@H](C)c1ccccc1B1O[C@H]2C=CC=C(c3ccncc3)[C@H]2O1. The topological polar surface area (TPSA) is 40.6 Å². The lowest BCUT2D eigenvalue weighted by molar-refractivity contribution is 0.120. The minimum Gasteiger partial charge on any atom is -0.398 e. The van der Waals surface area contributed by atoms with E-state index in [1.807, 2.05) is 43.3 Å². The highest BCUT2D eigenvalue weighted by Crippen LogP contribution is 2.33. The molecule has 0 radical (unpaired) electrons. The van der Waals surface area contributed by atoms with Crippen LogP contribution < -0.4 is 5.46 Å². The lowest BCUT2D eigenvalue weighted by atomic mass is 9.75. The highest BCUT2D eigenvalue weighted by Gasteiger charge is 2.43. The number of benzene rings is 1. The van der Waals surface area contributed by atoms with Crippen molar-refractivity contribution < 1.29 is 14.0 Å². The monoisotopic (exact) mass is 333 g/mol. The Labute approximate surface area is 148 Å². The Kier molecular flexibility index (Phi) is 4.53. The Bertz CT molecular complexity index is 806. The van der Waals surface area contributed by atoms with E-state index in [1.165, 1.54) is 0 Å². The molecule has 2 aliphatic rings. The Balaban J connectivity index is 1.64. The molecule has 1 aromatic heterocycles. The number of nitrogens with zero attached hydrogens (tertiary/aromatic N) is 1. The summed E-state index contributed by atoms with van der Waals surface area (Å²) in [4.78, 5) is 4.10. The minimum atomic E-state index is -0.406. The fourth-order valence-electron chi connectivity index (χ4n) is 3.39. The second-order valence-corrected chi connectivity index (χ2v) is 6.24. The predicted octanol–water partition coefficient (Wildman–Crippen LogP) is 2.92. The average molecular weight is 333 g/mol. The molecule has 1 saturated heterocycles. The second kappa shape index (κ2) is 6.96. The quantitative estimate of drug-likeness (QED) is 0.807. The van der Waals surface area contributed by atoms with E-state index in [-0.39, 0.29) is 18.3 Å². The lowest BCUT2D eigenvalue weighted by Gasteiger charge is -2.22. The van der Waals surface area contributed by atoms with Gasteiger partial charge in [-0.3, -0.25) is 4.98 Å². The van der Waals surface area contributed by atoms with E-state index >= 15 is 0 Å². The van der Waals surface area contributed by atoms with Gasteiger partial charge in [-0.1, -0.05) is 42.5 Å². The molecule has 2 aromatic rings. The molecule has 0 spiro atoms. The number of aromatic nitrogens is 1. The van der Waals surface area contributed by atoms with Crippen molar-refractivity contribution in [3.05, 3.63) is 78.1 Å². The zero-order chi connectivity index (χ0) is 17.2. The third kappa shape index (κ3) is 3.06. The lowest BCUT2D eigenvalue weighted by Crippen LogP contribution is -2.36. The van der Waals surface area contributed by atoms with Crippen molar-refractivity contribution in [3.63, 3.8) is 0 Å². The number of ether oxygens (including phenoxy) is 1. The van der Waals surface area contributed by atoms with E-state index in [1.54, 1.807) is 19.5 Å². The number of rotatable bonds is 4. The standard InChI is InChI=1S/C20H20BNO3/c1-14(23-2)16-6-3-4-8-18(16)21-24-19-9-5-7-17(20(19)25-21)15-10-12-22-13-11-15/h3-14,19-20H,1-2H3/t14-,19-,20+/m0/s1. The first-order chi connectivity index (χ1) is 12.3. The van der Waals surface area contributed by atoms with E-state index in [4.69, 9.17) is 14.0 Å². The molecule has 2 heterocycles. The van der Waals surface area contributed by atoms with Crippen molar-refractivity contribution >= 4 is 18.2 Å². The molecular weight excluding hydrogens is 313 g/mol. The summed E-state index contributed by atoms with van der Waals surface area (Å²) in [5, 5.41) is 0. The van der Waals surface area contributed by atoms with Gasteiger partial charge in [0.2, 0.25) is 0 Å². The van der Waals surface area contributed by atoms with E-state index in [2.05, 4.69) is 23.2 Å². The van der Waals surface area contributed by atoms with Crippen LogP contribution in [0.2, 0.25) is 0 Å². The van der Waals surface area contributed by atoms with Gasteiger partial charge < -0.3 is 14.0 Å². The Morgan fingerprint density at radius 2 is 1.92 bits per heavy atom. The third-order valence-electron chi connectivity index (χ3n) is 4.79. The third-order valence-corrected chi connectivity index (χ3v) is 4.79. The van der Waals surface area contributed by atoms with Crippen LogP contribution in [0, 0.1) is 0 Å². The van der Waals surface area contributed by atoms with Gasteiger partial charge in [0.05, 0.1) is 18.3 Å². The second-order valence-electron chi connectivity index (χ2n) is 6.24. The van der Waals surface area contributed by atoms with Gasteiger partial charge in [0, 0.05) is 19.5 Å². The van der Waals surface area contributed by atoms with Crippen molar-refractivity contribution in [2.45, 2.75) is 25.2 Å². The normalized spacial score (nSPS) is 23.3. The maximum absolute atomic E-state index is 6.34. The molecule has 0 N–H and O–H groups in total. The van der Waals surface area contributed by atoms with Gasteiger partial charge in [-0.2, -0.15) is 0 Å². The molecule has 1 aliphatic carbocycles. The first-order valence-corrected chi connectivity index (χ1v) is 8.49. The molecule has 5 heteroatoms. The van der Waals surface area contributed by atoms with Crippen LogP contribution in [0.1, 0.15) is 24.2 Å². The summed E-state index contributed by atoms with van der Waals surface area (Å²) in [6.45, 7) is 2.03. The number of fused-ring (bicyclic) bond motifs is 1. The van der Waals surface area contributed by atoms with Gasteiger partial charge in [-0.15, -0.1) is 0 Å². The smallest absolute Gasteiger partial charge is 0.398 e. The largest absolute Gasteiger partial charge is 0.495 e. The minimum absolute atomic E-state index is 0.0169. The summed E-state index contributed by atoms with van der Waals surface area (Å²) in [7, 11) is 1.31.